The monoisotopic (exact) mass is 444 g/mol. The first-order chi connectivity index (χ1) is 12.6. The summed E-state index contributed by atoms with van der Waals surface area (Å²) >= 11 is 17.0. The van der Waals surface area contributed by atoms with Crippen molar-refractivity contribution < 1.29 is 18.0 Å². The number of nitrogens with one attached hydrogen (secondary N) is 1. The summed E-state index contributed by atoms with van der Waals surface area (Å²) in [5.41, 5.74) is 0.945. The summed E-state index contributed by atoms with van der Waals surface area (Å²) < 4.78 is 29.2. The van der Waals surface area contributed by atoms with Gasteiger partial charge in [0.2, 0.25) is 5.78 Å². The van der Waals surface area contributed by atoms with Crippen molar-refractivity contribution in [2.75, 3.05) is 4.72 Å². The fourth-order valence-electron chi connectivity index (χ4n) is 2.63. The van der Waals surface area contributed by atoms with Gasteiger partial charge in [-0.15, -0.1) is 0 Å². The Hall–Kier alpha value is -2.06. The van der Waals surface area contributed by atoms with Crippen LogP contribution in [0.4, 0.5) is 5.69 Å². The second-order valence-electron chi connectivity index (χ2n) is 5.70. The zero-order valence-electron chi connectivity index (χ0n) is 13.7. The highest BCUT2D eigenvalue weighted by molar-refractivity contribution is 7.92. The summed E-state index contributed by atoms with van der Waals surface area (Å²) in [5.74, 6) is -0.829. The third-order valence-corrected chi connectivity index (χ3v) is 5.78. The number of anilines is 1. The van der Waals surface area contributed by atoms with Crippen LogP contribution < -0.4 is 4.72 Å². The minimum atomic E-state index is -3.93. The highest BCUT2D eigenvalue weighted by Crippen LogP contribution is 2.28. The Morgan fingerprint density at radius 1 is 1.04 bits per heavy atom. The molecule has 0 saturated carbocycles. The Kier molecular flexibility index (Phi) is 5.22. The Morgan fingerprint density at radius 3 is 2.26 bits per heavy atom. The van der Waals surface area contributed by atoms with Gasteiger partial charge in [-0.25, -0.2) is 8.42 Å². The number of nitrogens with zero attached hydrogens (tertiary/aromatic N) is 1. The van der Waals surface area contributed by atoms with Crippen LogP contribution >= 0.6 is 34.8 Å². The molecule has 140 valence electrons. The fourth-order valence-corrected chi connectivity index (χ4v) is 4.51. The summed E-state index contributed by atoms with van der Waals surface area (Å²) in [4.78, 5) is 23.0. The van der Waals surface area contributed by atoms with E-state index in [1.807, 2.05) is 0 Å². The topological polar surface area (TPSA) is 85.2 Å². The van der Waals surface area contributed by atoms with E-state index in [-0.39, 0.29) is 26.2 Å². The van der Waals surface area contributed by atoms with E-state index in [0.29, 0.717) is 10.9 Å². The van der Waals surface area contributed by atoms with Crippen LogP contribution in [0.3, 0.4) is 0 Å². The first-order valence-electron chi connectivity index (χ1n) is 7.40. The SMILES string of the molecule is Cn1cc(C(=O)C(=O)Cl)c2ccc(NS(=O)(=O)c3cc(Cl)cc(Cl)c3)cc21. The van der Waals surface area contributed by atoms with Crippen molar-refractivity contribution in [1.82, 2.24) is 4.57 Å². The maximum Gasteiger partial charge on any atom is 0.293 e. The average Bonchev–Trinajstić information content (AvgIpc) is 2.89. The lowest BCUT2D eigenvalue weighted by molar-refractivity contribution is -0.108. The zero-order valence-corrected chi connectivity index (χ0v) is 16.7. The van der Waals surface area contributed by atoms with Crippen molar-refractivity contribution in [2.45, 2.75) is 4.90 Å². The Labute approximate surface area is 169 Å². The van der Waals surface area contributed by atoms with Crippen LogP contribution in [0, 0.1) is 0 Å². The molecule has 6 nitrogen and oxygen atoms in total. The number of carbonyl (C=O) groups is 2. The second kappa shape index (κ2) is 7.16. The van der Waals surface area contributed by atoms with E-state index in [1.165, 1.54) is 42.6 Å². The lowest BCUT2D eigenvalue weighted by Gasteiger charge is -2.09. The van der Waals surface area contributed by atoms with Gasteiger partial charge in [-0.05, 0) is 48.0 Å². The van der Waals surface area contributed by atoms with Crippen LogP contribution in [0.15, 0.2) is 47.5 Å². The fraction of sp³-hybridized carbons (Fsp3) is 0.0588. The van der Waals surface area contributed by atoms with Gasteiger partial charge in [0.1, 0.15) is 0 Å². The van der Waals surface area contributed by atoms with Crippen molar-refractivity contribution in [3.05, 3.63) is 58.2 Å². The molecular formula is C17H11Cl3N2O4S. The quantitative estimate of drug-likeness (QED) is 0.362. The maximum absolute atomic E-state index is 12.6. The number of benzene rings is 2. The molecule has 3 aromatic rings. The van der Waals surface area contributed by atoms with Crippen LogP contribution in [0.5, 0.6) is 0 Å². The van der Waals surface area contributed by atoms with Gasteiger partial charge in [0.25, 0.3) is 15.3 Å². The van der Waals surface area contributed by atoms with Crippen molar-refractivity contribution >= 4 is 72.4 Å². The van der Waals surface area contributed by atoms with Gasteiger partial charge in [-0.1, -0.05) is 23.2 Å². The van der Waals surface area contributed by atoms with E-state index < -0.39 is 21.0 Å². The van der Waals surface area contributed by atoms with E-state index >= 15 is 0 Å². The van der Waals surface area contributed by atoms with Gasteiger partial charge in [-0.2, -0.15) is 0 Å². The van der Waals surface area contributed by atoms with Crippen molar-refractivity contribution in [1.29, 1.82) is 0 Å². The number of aryl methyl sites for hydroxylation is 1. The molecule has 27 heavy (non-hydrogen) atoms. The third kappa shape index (κ3) is 3.96. The molecule has 1 heterocycles. The molecule has 3 rings (SSSR count). The number of rotatable bonds is 5. The first kappa shape index (κ1) is 19.7. The molecule has 0 radical (unpaired) electrons. The lowest BCUT2D eigenvalue weighted by atomic mass is 10.1. The molecule has 0 aliphatic carbocycles. The summed E-state index contributed by atoms with van der Waals surface area (Å²) in [7, 11) is -2.27. The minimum absolute atomic E-state index is 0.0874. The molecule has 1 aromatic heterocycles. The summed E-state index contributed by atoms with van der Waals surface area (Å²) in [6.45, 7) is 0. The average molecular weight is 446 g/mol. The molecule has 0 unspecified atom stereocenters. The number of sulfonamides is 1. The van der Waals surface area contributed by atoms with Crippen molar-refractivity contribution in [3.8, 4) is 0 Å². The van der Waals surface area contributed by atoms with Crippen LogP contribution in [0.2, 0.25) is 10.0 Å². The molecule has 2 aromatic carbocycles. The van der Waals surface area contributed by atoms with E-state index in [9.17, 15) is 18.0 Å². The number of ketones is 1. The molecule has 0 aliphatic rings. The van der Waals surface area contributed by atoms with Crippen LogP contribution in [-0.2, 0) is 21.9 Å². The number of hydrogen-bond donors (Lipinski definition) is 1. The van der Waals surface area contributed by atoms with Crippen LogP contribution in [-0.4, -0.2) is 24.0 Å². The summed E-state index contributed by atoms with van der Waals surface area (Å²) in [5, 5.41) is -0.236. The van der Waals surface area contributed by atoms with Gasteiger partial charge < -0.3 is 4.57 Å². The van der Waals surface area contributed by atoms with E-state index in [4.69, 9.17) is 34.8 Å². The van der Waals surface area contributed by atoms with Gasteiger partial charge >= 0.3 is 0 Å². The third-order valence-electron chi connectivity index (χ3n) is 3.81. The molecule has 0 amide bonds. The largest absolute Gasteiger partial charge is 0.350 e. The molecule has 0 saturated heterocycles. The summed E-state index contributed by atoms with van der Waals surface area (Å²) in [6, 6.07) is 8.52. The number of carbonyl (C=O) groups excluding carboxylic acids is 2. The lowest BCUT2D eigenvalue weighted by Crippen LogP contribution is -2.13. The molecule has 10 heteroatoms. The van der Waals surface area contributed by atoms with Gasteiger partial charge in [0, 0.05) is 28.7 Å². The molecule has 0 fully saturated rings. The molecular weight excluding hydrogens is 435 g/mol. The van der Waals surface area contributed by atoms with E-state index in [2.05, 4.69) is 4.72 Å². The highest BCUT2D eigenvalue weighted by atomic mass is 35.5. The molecule has 1 N–H and O–H groups in total. The number of hydrogen-bond acceptors (Lipinski definition) is 4. The predicted octanol–water partition coefficient (Wildman–Crippen LogP) is 4.23. The highest BCUT2D eigenvalue weighted by Gasteiger charge is 2.21. The van der Waals surface area contributed by atoms with Gasteiger partial charge in [0.15, 0.2) is 0 Å². The Bertz CT molecular complexity index is 1180. The van der Waals surface area contributed by atoms with Gasteiger partial charge in [0.05, 0.1) is 21.7 Å². The van der Waals surface area contributed by atoms with Crippen LogP contribution in [0.1, 0.15) is 10.4 Å². The number of aromatic nitrogens is 1. The molecule has 0 bridgehead atoms. The summed E-state index contributed by atoms with van der Waals surface area (Å²) in [6.07, 6.45) is 1.46. The number of halogens is 3. The zero-order chi connectivity index (χ0) is 19.9. The van der Waals surface area contributed by atoms with Gasteiger partial charge in [-0.3, -0.25) is 14.3 Å². The second-order valence-corrected chi connectivity index (χ2v) is 8.60. The maximum atomic E-state index is 12.6. The van der Waals surface area contributed by atoms with E-state index in [0.717, 1.165) is 0 Å². The molecule has 0 atom stereocenters. The van der Waals surface area contributed by atoms with Crippen molar-refractivity contribution in [2.24, 2.45) is 7.05 Å². The Morgan fingerprint density at radius 2 is 1.67 bits per heavy atom. The number of Topliss-reactive ketones (excluding diaryl/α,β-unsaturated/α-hetero) is 1. The standard InChI is InChI=1S/C17H11Cl3N2O4S/c1-22-8-14(16(23)17(20)24)13-3-2-11(7-15(13)22)21-27(25,26)12-5-9(18)4-10(19)6-12/h2-8,21H,1H3. The van der Waals surface area contributed by atoms with Crippen molar-refractivity contribution in [3.63, 3.8) is 0 Å². The molecule has 0 aliphatic heterocycles. The van der Waals surface area contributed by atoms with E-state index in [1.54, 1.807) is 11.6 Å². The minimum Gasteiger partial charge on any atom is -0.350 e. The number of fused-ring (bicyclic) bond motifs is 1. The first-order valence-corrected chi connectivity index (χ1v) is 10.0. The normalized spacial score (nSPS) is 11.6. The smallest absolute Gasteiger partial charge is 0.293 e. The Balaban J connectivity index is 2.02. The molecule has 0 spiro atoms. The van der Waals surface area contributed by atoms with Crippen LogP contribution in [0.25, 0.3) is 10.9 Å². The predicted molar refractivity (Wildman–Crippen MR) is 105 cm³/mol.